The highest BCUT2D eigenvalue weighted by Gasteiger charge is 2.24. The smallest absolute Gasteiger partial charge is 0.272 e. The first-order valence-electron chi connectivity index (χ1n) is 9.22. The van der Waals surface area contributed by atoms with E-state index in [0.717, 1.165) is 49.3 Å². The van der Waals surface area contributed by atoms with Crippen molar-refractivity contribution in [3.05, 3.63) is 81.0 Å². The molecule has 2 aromatic carbocycles. The van der Waals surface area contributed by atoms with Crippen LogP contribution in [0.2, 0.25) is 0 Å². The molecule has 0 saturated heterocycles. The third-order valence-electron chi connectivity index (χ3n) is 5.22. The SMILES string of the molecule is Cc1c(-c2nn(CCc3ccccc3)c3c2CNCC3)cccc1[N+](=O)[O-]. The van der Waals surface area contributed by atoms with Gasteiger partial charge in [0.1, 0.15) is 0 Å². The molecule has 4 rings (SSSR count). The zero-order valence-corrected chi connectivity index (χ0v) is 15.3. The van der Waals surface area contributed by atoms with E-state index in [-0.39, 0.29) is 10.6 Å². The summed E-state index contributed by atoms with van der Waals surface area (Å²) in [5.41, 5.74) is 6.22. The van der Waals surface area contributed by atoms with Gasteiger partial charge in [-0.1, -0.05) is 42.5 Å². The van der Waals surface area contributed by atoms with Gasteiger partial charge < -0.3 is 5.32 Å². The first-order chi connectivity index (χ1) is 13.1. The molecule has 3 aromatic rings. The van der Waals surface area contributed by atoms with Crippen molar-refractivity contribution < 1.29 is 4.92 Å². The Kier molecular flexibility index (Phi) is 4.73. The van der Waals surface area contributed by atoms with Crippen molar-refractivity contribution >= 4 is 5.69 Å². The molecule has 2 heterocycles. The molecular formula is C21H22N4O2. The molecule has 6 heteroatoms. The van der Waals surface area contributed by atoms with Crippen molar-refractivity contribution in [3.8, 4) is 11.3 Å². The fourth-order valence-electron chi connectivity index (χ4n) is 3.78. The molecule has 1 N–H and O–H groups in total. The molecule has 1 aliphatic heterocycles. The van der Waals surface area contributed by atoms with Crippen LogP contribution in [0.3, 0.4) is 0 Å². The first kappa shape index (κ1) is 17.4. The molecule has 0 unspecified atom stereocenters. The molecule has 0 aliphatic carbocycles. The van der Waals surface area contributed by atoms with Gasteiger partial charge in [-0.3, -0.25) is 14.8 Å². The molecule has 0 fully saturated rings. The molecule has 0 spiro atoms. The van der Waals surface area contributed by atoms with Crippen molar-refractivity contribution in [1.29, 1.82) is 0 Å². The molecule has 0 atom stereocenters. The summed E-state index contributed by atoms with van der Waals surface area (Å²) in [4.78, 5) is 11.0. The van der Waals surface area contributed by atoms with E-state index in [1.165, 1.54) is 11.3 Å². The van der Waals surface area contributed by atoms with Crippen LogP contribution in [0.15, 0.2) is 48.5 Å². The second-order valence-corrected chi connectivity index (χ2v) is 6.87. The average Bonchev–Trinajstić information content (AvgIpc) is 3.06. The minimum Gasteiger partial charge on any atom is -0.312 e. The van der Waals surface area contributed by atoms with Crippen molar-refractivity contribution in [2.75, 3.05) is 6.54 Å². The standard InChI is InChI=1S/C21H22N4O2/c1-15-17(8-5-9-19(15)25(26)27)21-18-14-22-12-10-20(18)24(23-21)13-11-16-6-3-2-4-7-16/h2-9,22H,10-14H2,1H3. The molecular weight excluding hydrogens is 340 g/mol. The minimum absolute atomic E-state index is 0.142. The quantitative estimate of drug-likeness (QED) is 0.555. The van der Waals surface area contributed by atoms with Gasteiger partial charge in [0.15, 0.2) is 0 Å². The van der Waals surface area contributed by atoms with Crippen molar-refractivity contribution in [2.45, 2.75) is 32.9 Å². The second-order valence-electron chi connectivity index (χ2n) is 6.87. The zero-order valence-electron chi connectivity index (χ0n) is 15.3. The van der Waals surface area contributed by atoms with E-state index < -0.39 is 0 Å². The number of benzene rings is 2. The predicted octanol–water partition coefficient (Wildman–Crippen LogP) is 3.66. The van der Waals surface area contributed by atoms with E-state index in [1.807, 2.05) is 12.1 Å². The first-order valence-corrected chi connectivity index (χ1v) is 9.22. The molecule has 138 valence electrons. The Bertz CT molecular complexity index is 979. The van der Waals surface area contributed by atoms with Crippen LogP contribution in [0.5, 0.6) is 0 Å². The number of aryl methyl sites for hydroxylation is 2. The van der Waals surface area contributed by atoms with E-state index in [4.69, 9.17) is 5.10 Å². The number of nitro groups is 1. The number of fused-ring (bicyclic) bond motifs is 1. The summed E-state index contributed by atoms with van der Waals surface area (Å²) in [6.07, 6.45) is 1.83. The predicted molar refractivity (Wildman–Crippen MR) is 105 cm³/mol. The van der Waals surface area contributed by atoms with Crippen LogP contribution < -0.4 is 5.32 Å². The number of nitrogens with zero attached hydrogens (tertiary/aromatic N) is 3. The Balaban J connectivity index is 1.73. The second kappa shape index (κ2) is 7.32. The Morgan fingerprint density at radius 2 is 2.00 bits per heavy atom. The molecule has 6 nitrogen and oxygen atoms in total. The summed E-state index contributed by atoms with van der Waals surface area (Å²) >= 11 is 0. The largest absolute Gasteiger partial charge is 0.312 e. The van der Waals surface area contributed by atoms with Gasteiger partial charge in [0.25, 0.3) is 5.69 Å². The van der Waals surface area contributed by atoms with Crippen LogP contribution in [-0.2, 0) is 25.9 Å². The number of hydrogen-bond donors (Lipinski definition) is 1. The van der Waals surface area contributed by atoms with Gasteiger partial charge >= 0.3 is 0 Å². The fourth-order valence-corrected chi connectivity index (χ4v) is 3.78. The summed E-state index contributed by atoms with van der Waals surface area (Å²) in [6.45, 7) is 4.29. The van der Waals surface area contributed by atoms with Crippen molar-refractivity contribution in [3.63, 3.8) is 0 Å². The summed E-state index contributed by atoms with van der Waals surface area (Å²) in [5.74, 6) is 0. The fraction of sp³-hybridized carbons (Fsp3) is 0.286. The number of aromatic nitrogens is 2. The summed E-state index contributed by atoms with van der Waals surface area (Å²) in [5, 5.41) is 19.6. The molecule has 0 bridgehead atoms. The van der Waals surface area contributed by atoms with E-state index in [0.29, 0.717) is 5.56 Å². The Morgan fingerprint density at radius 1 is 1.19 bits per heavy atom. The lowest BCUT2D eigenvalue weighted by Crippen LogP contribution is -2.25. The zero-order chi connectivity index (χ0) is 18.8. The van der Waals surface area contributed by atoms with E-state index in [2.05, 4.69) is 34.3 Å². The summed E-state index contributed by atoms with van der Waals surface area (Å²) in [7, 11) is 0. The van der Waals surface area contributed by atoms with Crippen LogP contribution >= 0.6 is 0 Å². The van der Waals surface area contributed by atoms with Crippen LogP contribution in [0.1, 0.15) is 22.4 Å². The monoisotopic (exact) mass is 362 g/mol. The minimum atomic E-state index is -0.323. The normalized spacial score (nSPS) is 13.4. The third-order valence-corrected chi connectivity index (χ3v) is 5.22. The van der Waals surface area contributed by atoms with Gasteiger partial charge in [-0.15, -0.1) is 0 Å². The van der Waals surface area contributed by atoms with Gasteiger partial charge in [-0.25, -0.2) is 0 Å². The van der Waals surface area contributed by atoms with Crippen molar-refractivity contribution in [1.82, 2.24) is 15.1 Å². The molecule has 0 saturated carbocycles. The Morgan fingerprint density at radius 3 is 2.78 bits per heavy atom. The lowest BCUT2D eigenvalue weighted by molar-refractivity contribution is -0.385. The Hall–Kier alpha value is -2.99. The Labute approximate surface area is 158 Å². The average molecular weight is 362 g/mol. The van der Waals surface area contributed by atoms with E-state index >= 15 is 0 Å². The van der Waals surface area contributed by atoms with Crippen LogP contribution in [0, 0.1) is 17.0 Å². The van der Waals surface area contributed by atoms with Crippen LogP contribution in [-0.4, -0.2) is 21.2 Å². The van der Waals surface area contributed by atoms with Gasteiger partial charge in [0.05, 0.1) is 10.6 Å². The molecule has 1 aromatic heterocycles. The van der Waals surface area contributed by atoms with Gasteiger partial charge in [0.2, 0.25) is 0 Å². The van der Waals surface area contributed by atoms with Gasteiger partial charge in [-0.05, 0) is 18.9 Å². The number of rotatable bonds is 5. The lowest BCUT2D eigenvalue weighted by atomic mass is 9.98. The molecule has 1 aliphatic rings. The molecule has 27 heavy (non-hydrogen) atoms. The van der Waals surface area contributed by atoms with Gasteiger partial charge in [0, 0.05) is 54.5 Å². The maximum atomic E-state index is 11.3. The topological polar surface area (TPSA) is 73.0 Å². The van der Waals surface area contributed by atoms with Crippen LogP contribution in [0.25, 0.3) is 11.3 Å². The number of hydrogen-bond acceptors (Lipinski definition) is 4. The van der Waals surface area contributed by atoms with Gasteiger partial charge in [-0.2, -0.15) is 5.10 Å². The highest BCUT2D eigenvalue weighted by atomic mass is 16.6. The highest BCUT2D eigenvalue weighted by Crippen LogP contribution is 2.33. The summed E-state index contributed by atoms with van der Waals surface area (Å²) in [6, 6.07) is 15.6. The van der Waals surface area contributed by atoms with Crippen molar-refractivity contribution in [2.24, 2.45) is 0 Å². The highest BCUT2D eigenvalue weighted by molar-refractivity contribution is 5.71. The maximum absolute atomic E-state index is 11.3. The van der Waals surface area contributed by atoms with E-state index in [1.54, 1.807) is 19.1 Å². The molecule has 0 amide bonds. The van der Waals surface area contributed by atoms with E-state index in [9.17, 15) is 10.1 Å². The number of nitrogens with one attached hydrogen (secondary N) is 1. The van der Waals surface area contributed by atoms with Crippen LogP contribution in [0.4, 0.5) is 5.69 Å². The lowest BCUT2D eigenvalue weighted by Gasteiger charge is -2.16. The summed E-state index contributed by atoms with van der Waals surface area (Å²) < 4.78 is 2.09. The number of nitro benzene ring substituents is 1. The molecule has 0 radical (unpaired) electrons. The third kappa shape index (κ3) is 3.36. The maximum Gasteiger partial charge on any atom is 0.272 e.